The minimum Gasteiger partial charge on any atom is -0.477 e. The molecule has 192 valence electrons. The maximum atomic E-state index is 13.8. The summed E-state index contributed by atoms with van der Waals surface area (Å²) in [6.07, 6.45) is 1.67. The van der Waals surface area contributed by atoms with E-state index in [2.05, 4.69) is 15.3 Å². The van der Waals surface area contributed by atoms with Gasteiger partial charge in [-0.3, -0.25) is 4.98 Å². The number of fused-ring (bicyclic) bond motifs is 1. The second-order valence-electron chi connectivity index (χ2n) is 8.84. The average molecular weight is 519 g/mol. The summed E-state index contributed by atoms with van der Waals surface area (Å²) in [5.74, 6) is -1.72. The Morgan fingerprint density at radius 1 is 1.17 bits per heavy atom. The Hall–Kier alpha value is -3.50. The van der Waals surface area contributed by atoms with Crippen LogP contribution in [0.15, 0.2) is 42.6 Å². The number of alkyl carbamates (subject to hydrolysis) is 1. The van der Waals surface area contributed by atoms with Gasteiger partial charge in [0.2, 0.25) is 0 Å². The van der Waals surface area contributed by atoms with Gasteiger partial charge < -0.3 is 24.8 Å². The van der Waals surface area contributed by atoms with E-state index in [9.17, 15) is 19.1 Å². The van der Waals surface area contributed by atoms with E-state index in [1.165, 1.54) is 18.2 Å². The van der Waals surface area contributed by atoms with Crippen LogP contribution >= 0.6 is 11.6 Å². The van der Waals surface area contributed by atoms with Gasteiger partial charge in [0.15, 0.2) is 0 Å². The van der Waals surface area contributed by atoms with Crippen molar-refractivity contribution in [1.82, 2.24) is 15.3 Å². The minimum atomic E-state index is -1.16. The van der Waals surface area contributed by atoms with E-state index in [4.69, 9.17) is 21.1 Å². The molecule has 0 atom stereocenters. The number of carboxylic acids is 1. The average Bonchev–Trinajstić information content (AvgIpc) is 2.81. The van der Waals surface area contributed by atoms with Crippen LogP contribution in [-0.4, -0.2) is 59.0 Å². The molecule has 0 saturated carbocycles. The fraction of sp³-hybridized carbons (Fsp3) is 0.360. The highest BCUT2D eigenvalue weighted by molar-refractivity contribution is 6.31. The zero-order valence-electron chi connectivity index (χ0n) is 20.3. The van der Waals surface area contributed by atoms with Crippen LogP contribution in [0.4, 0.5) is 20.6 Å². The molecule has 0 fully saturated rings. The zero-order valence-corrected chi connectivity index (χ0v) is 21.0. The maximum absolute atomic E-state index is 13.8. The van der Waals surface area contributed by atoms with E-state index < -0.39 is 23.5 Å². The second-order valence-corrected chi connectivity index (χ2v) is 9.25. The lowest BCUT2D eigenvalue weighted by Gasteiger charge is -2.26. The summed E-state index contributed by atoms with van der Waals surface area (Å²) in [6, 6.07) is 8.97. The fourth-order valence-electron chi connectivity index (χ4n) is 3.33. The number of halogens is 2. The lowest BCUT2D eigenvalue weighted by molar-refractivity contribution is 0.0519. The van der Waals surface area contributed by atoms with Gasteiger partial charge in [-0.15, -0.1) is 0 Å². The van der Waals surface area contributed by atoms with Gasteiger partial charge in [0, 0.05) is 31.6 Å². The molecule has 0 radical (unpaired) electrons. The van der Waals surface area contributed by atoms with Gasteiger partial charge in [-0.2, -0.15) is 0 Å². The van der Waals surface area contributed by atoms with Gasteiger partial charge in [-0.05, 0) is 63.6 Å². The largest absolute Gasteiger partial charge is 0.477 e. The molecule has 0 aliphatic rings. The van der Waals surface area contributed by atoms with E-state index >= 15 is 0 Å². The summed E-state index contributed by atoms with van der Waals surface area (Å²) in [6.45, 7) is 6.76. The monoisotopic (exact) mass is 518 g/mol. The number of pyridine rings is 2. The molecule has 0 unspecified atom stereocenters. The van der Waals surface area contributed by atoms with Crippen molar-refractivity contribution >= 4 is 46.1 Å². The number of aromatic nitrogens is 2. The van der Waals surface area contributed by atoms with Gasteiger partial charge in [-0.25, -0.2) is 19.0 Å². The van der Waals surface area contributed by atoms with Gasteiger partial charge in [0.05, 0.1) is 22.8 Å². The number of rotatable bonds is 10. The van der Waals surface area contributed by atoms with Crippen LogP contribution < -0.4 is 10.2 Å². The van der Waals surface area contributed by atoms with Crippen molar-refractivity contribution in [2.45, 2.75) is 32.8 Å². The summed E-state index contributed by atoms with van der Waals surface area (Å²) in [5.41, 5.74) is 1.34. The van der Waals surface area contributed by atoms with Crippen LogP contribution in [0.2, 0.25) is 5.02 Å². The number of ether oxygens (including phenoxy) is 2. The Kier molecular flexibility index (Phi) is 9.00. The summed E-state index contributed by atoms with van der Waals surface area (Å²) >= 11 is 6.03. The van der Waals surface area contributed by atoms with Crippen LogP contribution in [0.5, 0.6) is 0 Å². The Bertz CT molecular complexity index is 1230. The molecule has 0 saturated heterocycles. The molecule has 3 aromatic rings. The summed E-state index contributed by atoms with van der Waals surface area (Å²) in [5, 5.41) is 12.0. The van der Waals surface area contributed by atoms with Gasteiger partial charge in [0.1, 0.15) is 22.6 Å². The fourth-order valence-corrected chi connectivity index (χ4v) is 3.50. The molecule has 11 heteroatoms. The first-order valence-electron chi connectivity index (χ1n) is 11.3. The van der Waals surface area contributed by atoms with E-state index in [1.54, 1.807) is 45.2 Å². The Balaban J connectivity index is 1.71. The van der Waals surface area contributed by atoms with Crippen molar-refractivity contribution < 1.29 is 28.6 Å². The van der Waals surface area contributed by atoms with Crippen LogP contribution in [-0.2, 0) is 9.47 Å². The highest BCUT2D eigenvalue weighted by Crippen LogP contribution is 2.32. The predicted octanol–water partition coefficient (Wildman–Crippen LogP) is 5.19. The van der Waals surface area contributed by atoms with Gasteiger partial charge in [0.25, 0.3) is 0 Å². The number of anilines is 2. The SMILES string of the molecule is CC(C)(C)OC(=O)NCCCOCCN(c1ccc(F)c(Cl)c1)c1ccnc2ccc(C(=O)O)nc12. The standard InChI is InChI=1S/C25H28ClFN4O5/c1-25(2,3)36-24(34)29-10-4-13-35-14-12-31(16-5-6-18(27)17(26)15-16)21-9-11-28-19-7-8-20(23(32)33)30-22(19)21/h5-9,11,15H,4,10,12-14H2,1-3H3,(H,29,34)(H,32,33). The van der Waals surface area contributed by atoms with Crippen LogP contribution in [0, 0.1) is 5.82 Å². The quantitative estimate of drug-likeness (QED) is 0.352. The van der Waals surface area contributed by atoms with Crippen LogP contribution in [0.25, 0.3) is 11.0 Å². The molecular formula is C25H28ClFN4O5. The number of nitrogens with one attached hydrogen (secondary N) is 1. The van der Waals surface area contributed by atoms with Crippen molar-refractivity contribution in [3.05, 3.63) is 59.1 Å². The summed E-state index contributed by atoms with van der Waals surface area (Å²) in [7, 11) is 0. The van der Waals surface area contributed by atoms with Gasteiger partial charge >= 0.3 is 12.1 Å². The van der Waals surface area contributed by atoms with E-state index in [1.807, 2.05) is 4.90 Å². The topological polar surface area (TPSA) is 114 Å². The summed E-state index contributed by atoms with van der Waals surface area (Å²) < 4.78 is 24.8. The molecule has 36 heavy (non-hydrogen) atoms. The lowest BCUT2D eigenvalue weighted by atomic mass is 10.2. The Labute approximate surface area is 213 Å². The van der Waals surface area contributed by atoms with Gasteiger partial charge in [-0.1, -0.05) is 11.6 Å². The number of benzene rings is 1. The number of hydrogen-bond donors (Lipinski definition) is 2. The molecule has 0 aliphatic carbocycles. The van der Waals surface area contributed by atoms with Crippen molar-refractivity contribution in [3.63, 3.8) is 0 Å². The predicted molar refractivity (Wildman–Crippen MR) is 135 cm³/mol. The molecule has 1 aromatic carbocycles. The molecule has 1 amide bonds. The number of carboxylic acid groups (broad SMARTS) is 1. The van der Waals surface area contributed by atoms with Crippen molar-refractivity contribution in [1.29, 1.82) is 0 Å². The molecule has 2 aromatic heterocycles. The third-order valence-corrected chi connectivity index (χ3v) is 5.17. The first-order chi connectivity index (χ1) is 17.0. The van der Waals surface area contributed by atoms with Crippen molar-refractivity contribution in [3.8, 4) is 0 Å². The zero-order chi connectivity index (χ0) is 26.3. The number of carbonyl (C=O) groups is 2. The smallest absolute Gasteiger partial charge is 0.407 e. The highest BCUT2D eigenvalue weighted by atomic mass is 35.5. The normalized spacial score (nSPS) is 11.4. The van der Waals surface area contributed by atoms with E-state index in [0.29, 0.717) is 48.5 Å². The highest BCUT2D eigenvalue weighted by Gasteiger charge is 2.18. The first kappa shape index (κ1) is 27.1. The number of amides is 1. The number of aromatic carboxylic acids is 1. The molecule has 0 spiro atoms. The van der Waals surface area contributed by atoms with E-state index in [0.717, 1.165) is 0 Å². The third kappa shape index (κ3) is 7.50. The first-order valence-corrected chi connectivity index (χ1v) is 11.7. The van der Waals surface area contributed by atoms with Crippen LogP contribution in [0.1, 0.15) is 37.7 Å². The van der Waals surface area contributed by atoms with Crippen LogP contribution in [0.3, 0.4) is 0 Å². The molecule has 3 rings (SSSR count). The Morgan fingerprint density at radius 2 is 1.94 bits per heavy atom. The number of hydrogen-bond acceptors (Lipinski definition) is 7. The maximum Gasteiger partial charge on any atom is 0.407 e. The molecule has 2 N–H and O–H groups in total. The third-order valence-electron chi connectivity index (χ3n) is 4.88. The second kappa shape index (κ2) is 12.0. The number of carbonyl (C=O) groups excluding carboxylic acids is 1. The lowest BCUT2D eigenvalue weighted by Crippen LogP contribution is -2.33. The van der Waals surface area contributed by atoms with Crippen molar-refractivity contribution in [2.75, 3.05) is 31.2 Å². The molecule has 0 aliphatic heterocycles. The molecular weight excluding hydrogens is 491 g/mol. The molecule has 0 bridgehead atoms. The van der Waals surface area contributed by atoms with E-state index in [-0.39, 0.29) is 17.3 Å². The van der Waals surface area contributed by atoms with Crippen molar-refractivity contribution in [2.24, 2.45) is 0 Å². The molecule has 2 heterocycles. The summed E-state index contributed by atoms with van der Waals surface area (Å²) in [4.78, 5) is 33.5. The molecule has 9 nitrogen and oxygen atoms in total. The number of nitrogens with zero attached hydrogens (tertiary/aromatic N) is 3. The minimum absolute atomic E-state index is 0.0517. The Morgan fingerprint density at radius 3 is 2.64 bits per heavy atom.